The summed E-state index contributed by atoms with van der Waals surface area (Å²) < 4.78 is 33.0. The normalized spacial score (nSPS) is 12.1. The molecule has 1 heterocycles. The predicted octanol–water partition coefficient (Wildman–Crippen LogP) is 5.11. The molecule has 0 fully saturated rings. The Labute approximate surface area is 176 Å². The molecule has 0 amide bonds. The molecule has 0 saturated heterocycles. The molecule has 0 aliphatic rings. The van der Waals surface area contributed by atoms with E-state index in [9.17, 15) is 8.42 Å². The number of benzene rings is 2. The van der Waals surface area contributed by atoms with Crippen molar-refractivity contribution in [1.82, 2.24) is 14.4 Å². The van der Waals surface area contributed by atoms with Crippen molar-refractivity contribution in [3.63, 3.8) is 0 Å². The summed E-state index contributed by atoms with van der Waals surface area (Å²) in [6.45, 7) is 6.44. The summed E-state index contributed by atoms with van der Waals surface area (Å²) in [5.41, 5.74) is 1.84. The Morgan fingerprint density at radius 3 is 2.31 bits per heavy atom. The van der Waals surface area contributed by atoms with Gasteiger partial charge in [-0.25, -0.2) is 8.42 Å². The van der Waals surface area contributed by atoms with Crippen LogP contribution in [0.2, 0.25) is 5.02 Å². The third kappa shape index (κ3) is 5.04. The van der Waals surface area contributed by atoms with Crippen LogP contribution in [0.1, 0.15) is 44.6 Å². The van der Waals surface area contributed by atoms with E-state index in [1.165, 1.54) is 4.31 Å². The Kier molecular flexibility index (Phi) is 6.72. The average Bonchev–Trinajstić information content (AvgIpc) is 3.17. The maximum Gasteiger partial charge on any atom is 0.243 e. The highest BCUT2D eigenvalue weighted by Crippen LogP contribution is 2.23. The summed E-state index contributed by atoms with van der Waals surface area (Å²) in [5.74, 6) is 0.973. The van der Waals surface area contributed by atoms with E-state index < -0.39 is 10.0 Å². The number of aromatic nitrogens is 2. The van der Waals surface area contributed by atoms with Gasteiger partial charge in [-0.2, -0.15) is 9.29 Å². The van der Waals surface area contributed by atoms with E-state index in [1.807, 2.05) is 19.1 Å². The lowest BCUT2D eigenvalue weighted by molar-refractivity contribution is 0.315. The van der Waals surface area contributed by atoms with E-state index in [0.717, 1.165) is 11.1 Å². The SMILES string of the molecule is CCCN(Cc1nc(-c2ccc(Cl)cc2)no1)S(=O)(=O)c1ccc(C(C)C)cc1. The van der Waals surface area contributed by atoms with Crippen molar-refractivity contribution >= 4 is 21.6 Å². The van der Waals surface area contributed by atoms with Gasteiger partial charge >= 0.3 is 0 Å². The minimum absolute atomic E-state index is 0.0166. The molecule has 0 N–H and O–H groups in total. The summed E-state index contributed by atoms with van der Waals surface area (Å²) in [6, 6.07) is 14.1. The minimum atomic E-state index is -3.68. The third-order valence-corrected chi connectivity index (χ3v) is 6.65. The zero-order chi connectivity index (χ0) is 21.0. The number of halogens is 1. The topological polar surface area (TPSA) is 76.3 Å². The van der Waals surface area contributed by atoms with Crippen LogP contribution in [-0.2, 0) is 16.6 Å². The van der Waals surface area contributed by atoms with E-state index in [1.54, 1.807) is 36.4 Å². The molecular formula is C21H24ClN3O3S. The van der Waals surface area contributed by atoms with Crippen molar-refractivity contribution in [3.8, 4) is 11.4 Å². The monoisotopic (exact) mass is 433 g/mol. The Bertz CT molecular complexity index is 1050. The molecule has 0 saturated carbocycles. The molecule has 1 aromatic heterocycles. The van der Waals surface area contributed by atoms with Gasteiger partial charge in [-0.05, 0) is 54.3 Å². The molecule has 8 heteroatoms. The zero-order valence-electron chi connectivity index (χ0n) is 16.7. The quantitative estimate of drug-likeness (QED) is 0.493. The van der Waals surface area contributed by atoms with Gasteiger partial charge in [0.1, 0.15) is 0 Å². The van der Waals surface area contributed by atoms with Crippen LogP contribution >= 0.6 is 11.6 Å². The summed E-state index contributed by atoms with van der Waals surface area (Å²) in [4.78, 5) is 4.61. The van der Waals surface area contributed by atoms with Crippen molar-refractivity contribution in [2.75, 3.05) is 6.54 Å². The fourth-order valence-electron chi connectivity index (χ4n) is 2.89. The fourth-order valence-corrected chi connectivity index (χ4v) is 4.50. The van der Waals surface area contributed by atoms with Gasteiger partial charge in [-0.1, -0.05) is 49.7 Å². The van der Waals surface area contributed by atoms with Crippen molar-refractivity contribution in [2.24, 2.45) is 0 Å². The molecule has 0 radical (unpaired) electrons. The van der Waals surface area contributed by atoms with Gasteiger partial charge in [0.25, 0.3) is 0 Å². The smallest absolute Gasteiger partial charge is 0.243 e. The number of nitrogens with zero attached hydrogens (tertiary/aromatic N) is 3. The third-order valence-electron chi connectivity index (χ3n) is 4.54. The lowest BCUT2D eigenvalue weighted by Gasteiger charge is -2.20. The van der Waals surface area contributed by atoms with Gasteiger partial charge in [0.05, 0.1) is 11.4 Å². The first-order valence-corrected chi connectivity index (χ1v) is 11.3. The van der Waals surface area contributed by atoms with Gasteiger partial charge in [-0.15, -0.1) is 0 Å². The molecule has 154 valence electrons. The molecule has 0 aliphatic heterocycles. The second kappa shape index (κ2) is 9.07. The molecule has 29 heavy (non-hydrogen) atoms. The molecule has 0 spiro atoms. The molecule has 0 atom stereocenters. The van der Waals surface area contributed by atoms with Gasteiger partial charge in [-0.3, -0.25) is 0 Å². The van der Waals surface area contributed by atoms with Gasteiger partial charge in [0.2, 0.25) is 21.7 Å². The van der Waals surface area contributed by atoms with Crippen LogP contribution in [0, 0.1) is 0 Å². The Balaban J connectivity index is 1.83. The Morgan fingerprint density at radius 1 is 1.07 bits per heavy atom. The van der Waals surface area contributed by atoms with Crippen LogP contribution in [-0.4, -0.2) is 29.4 Å². The summed E-state index contributed by atoms with van der Waals surface area (Å²) >= 11 is 5.91. The Hall–Kier alpha value is -2.22. The standard InChI is InChI=1S/C21H24ClN3O3S/c1-4-13-25(29(26,27)19-11-7-16(8-12-19)15(2)3)14-20-23-21(24-28-20)17-5-9-18(22)10-6-17/h5-12,15H,4,13-14H2,1-3H3. The highest BCUT2D eigenvalue weighted by Gasteiger charge is 2.26. The molecule has 6 nitrogen and oxygen atoms in total. The summed E-state index contributed by atoms with van der Waals surface area (Å²) in [5, 5.41) is 4.58. The van der Waals surface area contributed by atoms with E-state index in [2.05, 4.69) is 24.0 Å². The predicted molar refractivity (Wildman–Crippen MR) is 113 cm³/mol. The number of rotatable bonds is 8. The van der Waals surface area contributed by atoms with Gasteiger partial charge in [0, 0.05) is 17.1 Å². The van der Waals surface area contributed by atoms with Crippen molar-refractivity contribution < 1.29 is 12.9 Å². The summed E-state index contributed by atoms with van der Waals surface area (Å²) in [6.07, 6.45) is 0.668. The van der Waals surface area contributed by atoms with Crippen molar-refractivity contribution in [2.45, 2.75) is 44.6 Å². The molecule has 2 aromatic carbocycles. The van der Waals surface area contributed by atoms with Crippen LogP contribution in [0.15, 0.2) is 57.9 Å². The van der Waals surface area contributed by atoms with Crippen LogP contribution in [0.25, 0.3) is 11.4 Å². The molecule has 0 unspecified atom stereocenters. The minimum Gasteiger partial charge on any atom is -0.338 e. The zero-order valence-corrected chi connectivity index (χ0v) is 18.2. The van der Waals surface area contributed by atoms with Crippen LogP contribution in [0.4, 0.5) is 0 Å². The van der Waals surface area contributed by atoms with E-state index in [-0.39, 0.29) is 17.3 Å². The first-order valence-electron chi connectivity index (χ1n) is 9.50. The highest BCUT2D eigenvalue weighted by atomic mass is 35.5. The Morgan fingerprint density at radius 2 is 1.72 bits per heavy atom. The van der Waals surface area contributed by atoms with Crippen LogP contribution < -0.4 is 0 Å². The first kappa shape index (κ1) is 21.5. The maximum absolute atomic E-state index is 13.1. The van der Waals surface area contributed by atoms with Gasteiger partial charge < -0.3 is 4.52 Å². The largest absolute Gasteiger partial charge is 0.338 e. The number of hydrogen-bond acceptors (Lipinski definition) is 5. The summed E-state index contributed by atoms with van der Waals surface area (Å²) in [7, 11) is -3.68. The maximum atomic E-state index is 13.1. The van der Waals surface area contributed by atoms with E-state index in [0.29, 0.717) is 29.7 Å². The molecular weight excluding hydrogens is 410 g/mol. The average molecular weight is 434 g/mol. The van der Waals surface area contributed by atoms with E-state index in [4.69, 9.17) is 16.1 Å². The molecule has 3 rings (SSSR count). The second-order valence-corrected chi connectivity index (χ2v) is 9.46. The number of sulfonamides is 1. The lowest BCUT2D eigenvalue weighted by Crippen LogP contribution is -2.31. The van der Waals surface area contributed by atoms with E-state index >= 15 is 0 Å². The highest BCUT2D eigenvalue weighted by molar-refractivity contribution is 7.89. The first-order chi connectivity index (χ1) is 13.8. The lowest BCUT2D eigenvalue weighted by atomic mass is 10.0. The van der Waals surface area contributed by atoms with Crippen LogP contribution in [0.3, 0.4) is 0 Å². The second-order valence-electron chi connectivity index (χ2n) is 7.08. The molecule has 0 aliphatic carbocycles. The van der Waals surface area contributed by atoms with Crippen molar-refractivity contribution in [1.29, 1.82) is 0 Å². The van der Waals surface area contributed by atoms with Crippen molar-refractivity contribution in [3.05, 3.63) is 65.0 Å². The van der Waals surface area contributed by atoms with Crippen LogP contribution in [0.5, 0.6) is 0 Å². The fraction of sp³-hybridized carbons (Fsp3) is 0.333. The van der Waals surface area contributed by atoms with Gasteiger partial charge in [0.15, 0.2) is 0 Å². The number of hydrogen-bond donors (Lipinski definition) is 0. The molecule has 3 aromatic rings. The molecule has 0 bridgehead atoms.